The molecule has 5 heteroatoms. The summed E-state index contributed by atoms with van der Waals surface area (Å²) in [6.07, 6.45) is -0.0500. The molecule has 0 aromatic rings. The summed E-state index contributed by atoms with van der Waals surface area (Å²) in [4.78, 5) is 13.0. The van der Waals surface area contributed by atoms with Gasteiger partial charge in [-0.15, -0.1) is 11.8 Å². The summed E-state index contributed by atoms with van der Waals surface area (Å²) in [7, 11) is 1.69. The van der Waals surface area contributed by atoms with Gasteiger partial charge < -0.3 is 10.0 Å². The number of hydrogen-bond donors (Lipinski definition) is 1. The third kappa shape index (κ3) is 6.37. The van der Waals surface area contributed by atoms with Crippen molar-refractivity contribution in [2.75, 3.05) is 19.3 Å². The molecule has 0 bridgehead atoms. The highest BCUT2D eigenvalue weighted by atomic mass is 32.2. The lowest BCUT2D eigenvalue weighted by Gasteiger charge is -2.18. The molecule has 0 aromatic heterocycles. The number of aliphatic hydroxyl groups is 1. The molecule has 0 aliphatic rings. The SMILES string of the molecule is CC(O)C(C)SCC(=O)N(C)CCC#N. The Labute approximate surface area is 95.3 Å². The molecule has 2 atom stereocenters. The van der Waals surface area contributed by atoms with Crippen LogP contribution in [0, 0.1) is 11.3 Å². The second-order valence-electron chi connectivity index (χ2n) is 3.48. The van der Waals surface area contributed by atoms with Crippen molar-refractivity contribution in [3.05, 3.63) is 0 Å². The summed E-state index contributed by atoms with van der Waals surface area (Å²) in [6, 6.07) is 2.00. The van der Waals surface area contributed by atoms with Gasteiger partial charge in [-0.1, -0.05) is 6.92 Å². The fourth-order valence-corrected chi connectivity index (χ4v) is 1.70. The summed E-state index contributed by atoms with van der Waals surface area (Å²) >= 11 is 1.43. The van der Waals surface area contributed by atoms with E-state index in [1.54, 1.807) is 18.9 Å². The van der Waals surface area contributed by atoms with Crippen molar-refractivity contribution in [1.29, 1.82) is 5.26 Å². The van der Waals surface area contributed by atoms with Crippen LogP contribution in [0.15, 0.2) is 0 Å². The lowest BCUT2D eigenvalue weighted by Crippen LogP contribution is -2.30. The van der Waals surface area contributed by atoms with E-state index in [1.807, 2.05) is 13.0 Å². The molecular weight excluding hydrogens is 212 g/mol. The molecule has 2 unspecified atom stereocenters. The third-order valence-electron chi connectivity index (χ3n) is 2.13. The van der Waals surface area contributed by atoms with Crippen LogP contribution in [0.25, 0.3) is 0 Å². The first-order valence-corrected chi connectivity index (χ1v) is 5.94. The lowest BCUT2D eigenvalue weighted by atomic mass is 10.3. The maximum Gasteiger partial charge on any atom is 0.232 e. The number of nitrogens with zero attached hydrogens (tertiary/aromatic N) is 2. The average Bonchev–Trinajstić information content (AvgIpc) is 2.21. The molecule has 1 N–H and O–H groups in total. The van der Waals surface area contributed by atoms with Gasteiger partial charge in [-0.05, 0) is 6.92 Å². The van der Waals surface area contributed by atoms with Crippen LogP contribution in [0.4, 0.5) is 0 Å². The van der Waals surface area contributed by atoms with Gasteiger partial charge in [0, 0.05) is 18.8 Å². The number of carbonyl (C=O) groups excluding carboxylic acids is 1. The minimum Gasteiger partial charge on any atom is -0.392 e. The van der Waals surface area contributed by atoms with Crippen molar-refractivity contribution in [1.82, 2.24) is 4.90 Å². The highest BCUT2D eigenvalue weighted by Crippen LogP contribution is 2.14. The minimum atomic E-state index is -0.410. The molecule has 0 rings (SSSR count). The number of nitriles is 1. The van der Waals surface area contributed by atoms with Crippen molar-refractivity contribution in [2.45, 2.75) is 31.6 Å². The zero-order valence-corrected chi connectivity index (χ0v) is 10.3. The van der Waals surface area contributed by atoms with Crippen LogP contribution in [0.2, 0.25) is 0 Å². The molecule has 0 heterocycles. The standard InChI is InChI=1S/C10H18N2O2S/c1-8(13)9(2)15-7-10(14)12(3)6-4-5-11/h8-9,13H,4,6-7H2,1-3H3. The molecule has 0 saturated heterocycles. The molecule has 86 valence electrons. The van der Waals surface area contributed by atoms with Gasteiger partial charge in [0.2, 0.25) is 5.91 Å². The van der Waals surface area contributed by atoms with Crippen LogP contribution in [-0.4, -0.2) is 46.6 Å². The quantitative estimate of drug-likeness (QED) is 0.735. The first-order valence-electron chi connectivity index (χ1n) is 4.89. The van der Waals surface area contributed by atoms with E-state index in [1.165, 1.54) is 11.8 Å². The number of aliphatic hydroxyl groups excluding tert-OH is 1. The maximum absolute atomic E-state index is 11.5. The van der Waals surface area contributed by atoms with E-state index in [-0.39, 0.29) is 11.2 Å². The van der Waals surface area contributed by atoms with Gasteiger partial charge in [0.1, 0.15) is 0 Å². The molecule has 4 nitrogen and oxygen atoms in total. The second-order valence-corrected chi connectivity index (χ2v) is 4.85. The van der Waals surface area contributed by atoms with Crippen molar-refractivity contribution >= 4 is 17.7 Å². The zero-order chi connectivity index (χ0) is 11.8. The molecular formula is C10H18N2O2S. The van der Waals surface area contributed by atoms with Crippen LogP contribution in [0.3, 0.4) is 0 Å². The van der Waals surface area contributed by atoms with E-state index in [0.717, 1.165) is 0 Å². The highest BCUT2D eigenvalue weighted by Gasteiger charge is 2.13. The summed E-state index contributed by atoms with van der Waals surface area (Å²) in [6.45, 7) is 4.07. The molecule has 0 aromatic carbocycles. The zero-order valence-electron chi connectivity index (χ0n) is 9.43. The molecule has 0 fully saturated rings. The smallest absolute Gasteiger partial charge is 0.232 e. The minimum absolute atomic E-state index is 0.00255. The summed E-state index contributed by atoms with van der Waals surface area (Å²) in [5, 5.41) is 17.6. The van der Waals surface area contributed by atoms with Crippen molar-refractivity contribution in [3.63, 3.8) is 0 Å². The van der Waals surface area contributed by atoms with Crippen LogP contribution < -0.4 is 0 Å². The molecule has 1 amide bonds. The van der Waals surface area contributed by atoms with E-state index < -0.39 is 6.10 Å². The molecule has 0 saturated carbocycles. The molecule has 0 aliphatic carbocycles. The van der Waals surface area contributed by atoms with E-state index in [9.17, 15) is 9.90 Å². The Morgan fingerprint density at radius 3 is 2.67 bits per heavy atom. The van der Waals surface area contributed by atoms with Gasteiger partial charge in [0.25, 0.3) is 0 Å². The molecule has 0 aliphatic heterocycles. The van der Waals surface area contributed by atoms with Crippen LogP contribution >= 0.6 is 11.8 Å². The highest BCUT2D eigenvalue weighted by molar-refractivity contribution is 8.00. The number of thioether (sulfide) groups is 1. The van der Waals surface area contributed by atoms with Crippen LogP contribution in [0.1, 0.15) is 20.3 Å². The lowest BCUT2D eigenvalue weighted by molar-refractivity contribution is -0.127. The Morgan fingerprint density at radius 1 is 1.60 bits per heavy atom. The second kappa shape index (κ2) is 7.55. The number of hydrogen-bond acceptors (Lipinski definition) is 4. The monoisotopic (exact) mass is 230 g/mol. The maximum atomic E-state index is 11.5. The van der Waals surface area contributed by atoms with E-state index in [4.69, 9.17) is 5.26 Å². The van der Waals surface area contributed by atoms with Gasteiger partial charge >= 0.3 is 0 Å². The van der Waals surface area contributed by atoms with Crippen LogP contribution in [-0.2, 0) is 4.79 Å². The van der Waals surface area contributed by atoms with Crippen molar-refractivity contribution in [3.8, 4) is 6.07 Å². The van der Waals surface area contributed by atoms with Gasteiger partial charge in [0.15, 0.2) is 0 Å². The van der Waals surface area contributed by atoms with Gasteiger partial charge in [-0.25, -0.2) is 0 Å². The fraction of sp³-hybridized carbons (Fsp3) is 0.800. The topological polar surface area (TPSA) is 64.3 Å². The predicted octanol–water partition coefficient (Wildman–Crippen LogP) is 0.861. The number of carbonyl (C=O) groups is 1. The normalized spacial score (nSPS) is 14.1. The van der Waals surface area contributed by atoms with E-state index in [2.05, 4.69) is 0 Å². The first kappa shape index (κ1) is 14.3. The van der Waals surface area contributed by atoms with E-state index >= 15 is 0 Å². The molecule has 0 radical (unpaired) electrons. The molecule has 15 heavy (non-hydrogen) atoms. The largest absolute Gasteiger partial charge is 0.392 e. The van der Waals surface area contributed by atoms with Crippen molar-refractivity contribution in [2.24, 2.45) is 0 Å². The Kier molecular flexibility index (Phi) is 7.18. The van der Waals surface area contributed by atoms with Gasteiger partial charge in [-0.2, -0.15) is 5.26 Å². The van der Waals surface area contributed by atoms with E-state index in [0.29, 0.717) is 18.7 Å². The summed E-state index contributed by atoms with van der Waals surface area (Å²) in [5.74, 6) is 0.358. The predicted molar refractivity (Wildman–Crippen MR) is 61.5 cm³/mol. The Balaban J connectivity index is 3.78. The Bertz CT molecular complexity index is 238. The third-order valence-corrected chi connectivity index (χ3v) is 3.47. The van der Waals surface area contributed by atoms with Crippen LogP contribution in [0.5, 0.6) is 0 Å². The molecule has 0 spiro atoms. The summed E-state index contributed by atoms with van der Waals surface area (Å²) in [5.41, 5.74) is 0. The fourth-order valence-electron chi connectivity index (χ4n) is 0.795. The van der Waals surface area contributed by atoms with Gasteiger partial charge in [0.05, 0.1) is 24.3 Å². The Hall–Kier alpha value is -0.730. The number of amides is 1. The van der Waals surface area contributed by atoms with Crippen molar-refractivity contribution < 1.29 is 9.90 Å². The Morgan fingerprint density at radius 2 is 2.20 bits per heavy atom. The first-order chi connectivity index (χ1) is 6.99. The average molecular weight is 230 g/mol. The van der Waals surface area contributed by atoms with Gasteiger partial charge in [-0.3, -0.25) is 4.79 Å². The summed E-state index contributed by atoms with van der Waals surface area (Å²) < 4.78 is 0. The number of rotatable bonds is 6.